The number of amides is 3. The van der Waals surface area contributed by atoms with Crippen molar-refractivity contribution in [3.63, 3.8) is 0 Å². The first-order valence-corrected chi connectivity index (χ1v) is 8.21. The normalized spacial score (nSPS) is 10.2. The van der Waals surface area contributed by atoms with E-state index in [1.165, 1.54) is 0 Å². The van der Waals surface area contributed by atoms with Gasteiger partial charge in [0.05, 0.1) is 0 Å². The quantitative estimate of drug-likeness (QED) is 0.613. The largest absolute Gasteiger partial charge is 0.483 e. The molecule has 26 heavy (non-hydrogen) atoms. The summed E-state index contributed by atoms with van der Waals surface area (Å²) in [5.41, 5.74) is 5.09. The average molecular weight is 370 g/mol. The second kappa shape index (κ2) is 8.22. The second-order valence-electron chi connectivity index (χ2n) is 5.40. The molecule has 3 aromatic rings. The third-order valence-electron chi connectivity index (χ3n) is 3.53. The third-order valence-corrected chi connectivity index (χ3v) is 3.78. The predicted molar refractivity (Wildman–Crippen MR) is 101 cm³/mol. The smallest absolute Gasteiger partial charge is 0.337 e. The van der Waals surface area contributed by atoms with E-state index in [-0.39, 0.29) is 6.61 Å². The van der Waals surface area contributed by atoms with E-state index in [1.807, 2.05) is 36.4 Å². The average Bonchev–Trinajstić information content (AvgIpc) is 2.66. The van der Waals surface area contributed by atoms with Crippen LogP contribution in [0.5, 0.6) is 5.75 Å². The van der Waals surface area contributed by atoms with Crippen LogP contribution in [0, 0.1) is 0 Å². The Hall–Kier alpha value is -3.25. The number of ether oxygens (including phenoxy) is 1. The number of hydrazine groups is 1. The van der Waals surface area contributed by atoms with Gasteiger partial charge in [-0.15, -0.1) is 0 Å². The molecule has 3 N–H and O–H groups in total. The van der Waals surface area contributed by atoms with E-state index in [2.05, 4.69) is 16.2 Å². The van der Waals surface area contributed by atoms with Crippen LogP contribution in [0.3, 0.4) is 0 Å². The molecule has 0 aliphatic heterocycles. The van der Waals surface area contributed by atoms with Crippen molar-refractivity contribution in [3.05, 3.63) is 71.8 Å². The van der Waals surface area contributed by atoms with E-state index in [0.717, 1.165) is 10.8 Å². The lowest BCUT2D eigenvalue weighted by Crippen LogP contribution is -2.45. The minimum absolute atomic E-state index is 0.227. The third kappa shape index (κ3) is 4.64. The van der Waals surface area contributed by atoms with Gasteiger partial charge in [-0.2, -0.15) is 0 Å². The molecule has 132 valence electrons. The number of carbonyl (C=O) groups is 2. The van der Waals surface area contributed by atoms with Crippen molar-refractivity contribution in [1.82, 2.24) is 10.9 Å². The van der Waals surface area contributed by atoms with Gasteiger partial charge in [-0.3, -0.25) is 10.2 Å². The topological polar surface area (TPSA) is 79.5 Å². The lowest BCUT2D eigenvalue weighted by Gasteiger charge is -2.11. The van der Waals surface area contributed by atoms with Gasteiger partial charge in [0.15, 0.2) is 6.61 Å². The monoisotopic (exact) mass is 369 g/mol. The number of hydrogen-bond acceptors (Lipinski definition) is 3. The van der Waals surface area contributed by atoms with Gasteiger partial charge >= 0.3 is 6.03 Å². The second-order valence-corrected chi connectivity index (χ2v) is 5.84. The van der Waals surface area contributed by atoms with Gasteiger partial charge < -0.3 is 10.1 Å². The molecule has 3 aromatic carbocycles. The summed E-state index contributed by atoms with van der Waals surface area (Å²) in [5.74, 6) is 0.119. The SMILES string of the molecule is O=C(COc1cccc2ccccc12)NNC(=O)Nc1ccc(Cl)cc1. The van der Waals surface area contributed by atoms with Crippen molar-refractivity contribution in [2.75, 3.05) is 11.9 Å². The lowest BCUT2D eigenvalue weighted by atomic mass is 10.1. The Bertz CT molecular complexity index is 923. The lowest BCUT2D eigenvalue weighted by molar-refractivity contribution is -0.123. The van der Waals surface area contributed by atoms with E-state index >= 15 is 0 Å². The molecule has 0 spiro atoms. The van der Waals surface area contributed by atoms with Crippen LogP contribution in [0.2, 0.25) is 5.02 Å². The van der Waals surface area contributed by atoms with Crippen LogP contribution in [0.4, 0.5) is 10.5 Å². The van der Waals surface area contributed by atoms with Crippen LogP contribution in [-0.2, 0) is 4.79 Å². The Balaban J connectivity index is 1.48. The van der Waals surface area contributed by atoms with E-state index in [0.29, 0.717) is 16.5 Å². The summed E-state index contributed by atoms with van der Waals surface area (Å²) in [6.07, 6.45) is 0. The number of fused-ring (bicyclic) bond motifs is 1. The molecule has 0 aromatic heterocycles. The molecule has 0 aliphatic rings. The molecule has 3 amide bonds. The Morgan fingerprint density at radius 3 is 2.42 bits per heavy atom. The molecule has 0 radical (unpaired) electrons. The summed E-state index contributed by atoms with van der Waals surface area (Å²) in [7, 11) is 0. The van der Waals surface area contributed by atoms with Crippen LogP contribution in [0.25, 0.3) is 10.8 Å². The van der Waals surface area contributed by atoms with Gasteiger partial charge in [-0.1, -0.05) is 48.0 Å². The standard InChI is InChI=1S/C19H16ClN3O3/c20-14-8-10-15(11-9-14)21-19(25)23-22-18(24)12-26-17-7-3-5-13-4-1-2-6-16(13)17/h1-11H,12H2,(H,22,24)(H2,21,23,25). The minimum atomic E-state index is -0.578. The van der Waals surface area contributed by atoms with Crippen molar-refractivity contribution < 1.29 is 14.3 Å². The molecular formula is C19H16ClN3O3. The van der Waals surface area contributed by atoms with Crippen molar-refractivity contribution in [1.29, 1.82) is 0 Å². The highest BCUT2D eigenvalue weighted by molar-refractivity contribution is 6.30. The number of nitrogens with one attached hydrogen (secondary N) is 3. The number of halogens is 1. The molecule has 0 saturated heterocycles. The molecule has 0 atom stereocenters. The first-order chi connectivity index (χ1) is 12.6. The summed E-state index contributed by atoms with van der Waals surface area (Å²) in [5, 5.41) is 5.06. The maximum absolute atomic E-state index is 11.9. The minimum Gasteiger partial charge on any atom is -0.483 e. The maximum Gasteiger partial charge on any atom is 0.337 e. The number of urea groups is 1. The van der Waals surface area contributed by atoms with Crippen LogP contribution in [0.15, 0.2) is 66.7 Å². The number of rotatable bonds is 4. The van der Waals surface area contributed by atoms with Gasteiger partial charge in [-0.05, 0) is 35.7 Å². The molecule has 0 heterocycles. The highest BCUT2D eigenvalue weighted by Gasteiger charge is 2.07. The predicted octanol–water partition coefficient (Wildman–Crippen LogP) is 3.72. The number of benzene rings is 3. The van der Waals surface area contributed by atoms with Gasteiger partial charge in [0, 0.05) is 16.1 Å². The number of carbonyl (C=O) groups excluding carboxylic acids is 2. The molecule has 3 rings (SSSR count). The fraction of sp³-hybridized carbons (Fsp3) is 0.0526. The zero-order chi connectivity index (χ0) is 18.4. The number of hydrogen-bond donors (Lipinski definition) is 3. The van der Waals surface area contributed by atoms with Gasteiger partial charge in [-0.25, -0.2) is 10.2 Å². The van der Waals surface area contributed by atoms with Crippen LogP contribution in [0.1, 0.15) is 0 Å². The highest BCUT2D eigenvalue weighted by atomic mass is 35.5. The Kier molecular flexibility index (Phi) is 5.56. The number of anilines is 1. The summed E-state index contributed by atoms with van der Waals surface area (Å²) in [6, 6.07) is 19.3. The molecule has 0 bridgehead atoms. The molecular weight excluding hydrogens is 354 g/mol. The maximum atomic E-state index is 11.9. The fourth-order valence-electron chi connectivity index (χ4n) is 2.32. The molecule has 0 fully saturated rings. The molecule has 0 unspecified atom stereocenters. The first kappa shape index (κ1) is 17.6. The van der Waals surface area contributed by atoms with Crippen LogP contribution < -0.4 is 20.9 Å². The zero-order valence-corrected chi connectivity index (χ0v) is 14.4. The summed E-state index contributed by atoms with van der Waals surface area (Å²) >= 11 is 5.77. The van der Waals surface area contributed by atoms with Crippen LogP contribution >= 0.6 is 11.6 Å². The van der Waals surface area contributed by atoms with E-state index < -0.39 is 11.9 Å². The molecule has 7 heteroatoms. The van der Waals surface area contributed by atoms with Gasteiger partial charge in [0.1, 0.15) is 5.75 Å². The van der Waals surface area contributed by atoms with Gasteiger partial charge in [0.2, 0.25) is 0 Å². The van der Waals surface area contributed by atoms with E-state index in [4.69, 9.17) is 16.3 Å². The van der Waals surface area contributed by atoms with Crippen molar-refractivity contribution >= 4 is 40.0 Å². The van der Waals surface area contributed by atoms with E-state index in [9.17, 15) is 9.59 Å². The zero-order valence-electron chi connectivity index (χ0n) is 13.7. The van der Waals surface area contributed by atoms with Crippen molar-refractivity contribution in [2.45, 2.75) is 0 Å². The summed E-state index contributed by atoms with van der Waals surface area (Å²) < 4.78 is 5.55. The van der Waals surface area contributed by atoms with Crippen molar-refractivity contribution in [2.24, 2.45) is 0 Å². The molecule has 0 aliphatic carbocycles. The highest BCUT2D eigenvalue weighted by Crippen LogP contribution is 2.24. The van der Waals surface area contributed by atoms with Gasteiger partial charge in [0.25, 0.3) is 5.91 Å². The first-order valence-electron chi connectivity index (χ1n) is 7.84. The molecule has 6 nitrogen and oxygen atoms in total. The van der Waals surface area contributed by atoms with Crippen molar-refractivity contribution in [3.8, 4) is 5.75 Å². The Morgan fingerprint density at radius 2 is 1.62 bits per heavy atom. The molecule has 0 saturated carbocycles. The Morgan fingerprint density at radius 1 is 0.885 bits per heavy atom. The Labute approximate surface area is 155 Å². The fourth-order valence-corrected chi connectivity index (χ4v) is 2.45. The van der Waals surface area contributed by atoms with Crippen LogP contribution in [-0.4, -0.2) is 18.5 Å². The van der Waals surface area contributed by atoms with E-state index in [1.54, 1.807) is 30.3 Å². The summed E-state index contributed by atoms with van der Waals surface area (Å²) in [6.45, 7) is -0.227. The summed E-state index contributed by atoms with van der Waals surface area (Å²) in [4.78, 5) is 23.6.